The maximum atomic E-state index is 12.7. The van der Waals surface area contributed by atoms with Crippen molar-refractivity contribution in [3.8, 4) is 0 Å². The lowest BCUT2D eigenvalue weighted by atomic mass is 9.99. The van der Waals surface area contributed by atoms with E-state index in [1.165, 1.54) is 0 Å². The standard InChI is InChI=1S/C24H24N4O2S/c1-16(2)30-24(29)27-23(19-15-25-21-13-8-14-26-28(19)21)22-17(3)9-7-12-20(22)31-18-10-5-4-6-11-18/h4-16,23H,1-3H3,(H,27,29). The summed E-state index contributed by atoms with van der Waals surface area (Å²) in [6.07, 6.45) is 2.76. The molecule has 6 nitrogen and oxygen atoms in total. The molecule has 158 valence electrons. The number of alkyl carbamates (subject to hydrolysis) is 1. The van der Waals surface area contributed by atoms with E-state index in [0.717, 1.165) is 26.6 Å². The van der Waals surface area contributed by atoms with E-state index in [2.05, 4.69) is 33.6 Å². The second kappa shape index (κ2) is 9.22. The molecule has 4 rings (SSSR count). The van der Waals surface area contributed by atoms with Crippen LogP contribution in [0.1, 0.15) is 36.7 Å². The van der Waals surface area contributed by atoms with Gasteiger partial charge < -0.3 is 10.1 Å². The molecule has 2 aromatic heterocycles. The first-order valence-electron chi connectivity index (χ1n) is 10.1. The highest BCUT2D eigenvalue weighted by Crippen LogP contribution is 2.37. The Balaban J connectivity index is 1.83. The Kier molecular flexibility index (Phi) is 6.23. The van der Waals surface area contributed by atoms with Gasteiger partial charge in [0, 0.05) is 16.0 Å². The third-order valence-corrected chi connectivity index (χ3v) is 5.83. The van der Waals surface area contributed by atoms with E-state index in [4.69, 9.17) is 4.74 Å². The molecule has 2 heterocycles. The van der Waals surface area contributed by atoms with E-state index in [-0.39, 0.29) is 6.10 Å². The minimum atomic E-state index is -0.483. The van der Waals surface area contributed by atoms with Crippen LogP contribution in [0.5, 0.6) is 0 Å². The number of benzene rings is 2. The molecule has 0 fully saturated rings. The third-order valence-electron chi connectivity index (χ3n) is 4.75. The van der Waals surface area contributed by atoms with Crippen LogP contribution >= 0.6 is 11.8 Å². The molecule has 0 aliphatic heterocycles. The van der Waals surface area contributed by atoms with Gasteiger partial charge in [0.1, 0.15) is 6.04 Å². The zero-order valence-corrected chi connectivity index (χ0v) is 18.5. The van der Waals surface area contributed by atoms with Gasteiger partial charge in [0.15, 0.2) is 5.65 Å². The van der Waals surface area contributed by atoms with Crippen LogP contribution in [-0.4, -0.2) is 26.8 Å². The molecule has 0 bridgehead atoms. The normalized spacial score (nSPS) is 12.1. The lowest BCUT2D eigenvalue weighted by Crippen LogP contribution is -2.33. The SMILES string of the molecule is Cc1cccc(Sc2ccccc2)c1C(NC(=O)OC(C)C)c1cnc2cccnn12. The van der Waals surface area contributed by atoms with Gasteiger partial charge in [0.25, 0.3) is 0 Å². The van der Waals surface area contributed by atoms with Crippen LogP contribution in [0, 0.1) is 6.92 Å². The lowest BCUT2D eigenvalue weighted by molar-refractivity contribution is 0.113. The number of ether oxygens (including phenoxy) is 1. The molecule has 1 amide bonds. The molecule has 0 radical (unpaired) electrons. The Morgan fingerprint density at radius 3 is 2.65 bits per heavy atom. The zero-order valence-electron chi connectivity index (χ0n) is 17.6. The first-order chi connectivity index (χ1) is 15.0. The quantitative estimate of drug-likeness (QED) is 0.441. The highest BCUT2D eigenvalue weighted by atomic mass is 32.2. The number of nitrogens with one attached hydrogen (secondary N) is 1. The number of nitrogens with zero attached hydrogens (tertiary/aromatic N) is 3. The molecule has 7 heteroatoms. The van der Waals surface area contributed by atoms with Crippen LogP contribution in [0.3, 0.4) is 0 Å². The summed E-state index contributed by atoms with van der Waals surface area (Å²) in [5.41, 5.74) is 3.53. The maximum absolute atomic E-state index is 12.7. The molecule has 2 aromatic carbocycles. The highest BCUT2D eigenvalue weighted by Gasteiger charge is 2.26. The third kappa shape index (κ3) is 4.72. The van der Waals surface area contributed by atoms with E-state index >= 15 is 0 Å². The van der Waals surface area contributed by atoms with Crippen LogP contribution in [-0.2, 0) is 4.74 Å². The number of aromatic nitrogens is 3. The minimum absolute atomic E-state index is 0.226. The smallest absolute Gasteiger partial charge is 0.408 e. The average Bonchev–Trinajstić information content (AvgIpc) is 3.17. The second-order valence-electron chi connectivity index (χ2n) is 7.41. The van der Waals surface area contributed by atoms with Crippen LogP contribution < -0.4 is 5.32 Å². The van der Waals surface area contributed by atoms with E-state index in [1.54, 1.807) is 28.7 Å². The Morgan fingerprint density at radius 2 is 1.87 bits per heavy atom. The lowest BCUT2D eigenvalue weighted by Gasteiger charge is -2.23. The van der Waals surface area contributed by atoms with E-state index < -0.39 is 12.1 Å². The van der Waals surface area contributed by atoms with Gasteiger partial charge in [-0.25, -0.2) is 14.3 Å². The monoisotopic (exact) mass is 432 g/mol. The molecule has 1 unspecified atom stereocenters. The fourth-order valence-electron chi connectivity index (χ4n) is 3.43. The molecule has 0 saturated carbocycles. The van der Waals surface area contributed by atoms with Gasteiger partial charge in [0.2, 0.25) is 0 Å². The van der Waals surface area contributed by atoms with E-state index in [9.17, 15) is 4.79 Å². The van der Waals surface area contributed by atoms with Gasteiger partial charge in [0.05, 0.1) is 18.0 Å². The molecular formula is C24H24N4O2S. The summed E-state index contributed by atoms with van der Waals surface area (Å²) in [4.78, 5) is 19.3. The van der Waals surface area contributed by atoms with Crippen molar-refractivity contribution in [3.05, 3.63) is 89.9 Å². The molecule has 1 atom stereocenters. The molecule has 0 spiro atoms. The summed E-state index contributed by atoms with van der Waals surface area (Å²) < 4.78 is 7.16. The Hall–Kier alpha value is -3.32. The van der Waals surface area contributed by atoms with Crippen molar-refractivity contribution in [3.63, 3.8) is 0 Å². The number of rotatable bonds is 6. The number of amides is 1. The number of hydrogen-bond donors (Lipinski definition) is 1. The maximum Gasteiger partial charge on any atom is 0.408 e. The van der Waals surface area contributed by atoms with Crippen molar-refractivity contribution in [1.82, 2.24) is 19.9 Å². The minimum Gasteiger partial charge on any atom is -0.447 e. The average molecular weight is 433 g/mol. The fourth-order valence-corrected chi connectivity index (χ4v) is 4.52. The Morgan fingerprint density at radius 1 is 1.06 bits per heavy atom. The van der Waals surface area contributed by atoms with Crippen LogP contribution in [0.4, 0.5) is 4.79 Å². The van der Waals surface area contributed by atoms with Crippen LogP contribution in [0.15, 0.2) is 82.8 Å². The molecule has 0 aliphatic rings. The first-order valence-corrected chi connectivity index (χ1v) is 10.9. The van der Waals surface area contributed by atoms with Gasteiger partial charge in [-0.15, -0.1) is 0 Å². The number of hydrogen-bond acceptors (Lipinski definition) is 5. The van der Waals surface area contributed by atoms with Crippen molar-refractivity contribution < 1.29 is 9.53 Å². The number of carbonyl (C=O) groups is 1. The molecule has 4 aromatic rings. The number of imidazole rings is 1. The van der Waals surface area contributed by atoms with Gasteiger partial charge in [-0.2, -0.15) is 5.10 Å². The van der Waals surface area contributed by atoms with Crippen molar-refractivity contribution in [2.45, 2.75) is 42.7 Å². The molecule has 0 aliphatic carbocycles. The molecule has 31 heavy (non-hydrogen) atoms. The number of carbonyl (C=O) groups excluding carboxylic acids is 1. The largest absolute Gasteiger partial charge is 0.447 e. The fraction of sp³-hybridized carbons (Fsp3) is 0.208. The van der Waals surface area contributed by atoms with Crippen molar-refractivity contribution in [2.24, 2.45) is 0 Å². The predicted molar refractivity (Wildman–Crippen MR) is 121 cm³/mol. The van der Waals surface area contributed by atoms with Gasteiger partial charge in [-0.1, -0.05) is 42.1 Å². The number of aryl methyl sites for hydroxylation is 1. The van der Waals surface area contributed by atoms with E-state index in [1.807, 2.05) is 63.2 Å². The van der Waals surface area contributed by atoms with Gasteiger partial charge in [-0.05, 0) is 62.2 Å². The summed E-state index contributed by atoms with van der Waals surface area (Å²) in [6, 6.07) is 19.6. The summed E-state index contributed by atoms with van der Waals surface area (Å²) in [7, 11) is 0. The molecule has 0 saturated heterocycles. The first kappa shape index (κ1) is 20.9. The van der Waals surface area contributed by atoms with Crippen molar-refractivity contribution in [1.29, 1.82) is 0 Å². The van der Waals surface area contributed by atoms with Crippen LogP contribution in [0.2, 0.25) is 0 Å². The second-order valence-corrected chi connectivity index (χ2v) is 8.53. The van der Waals surface area contributed by atoms with E-state index in [0.29, 0.717) is 5.65 Å². The molecular weight excluding hydrogens is 408 g/mol. The predicted octanol–water partition coefficient (Wildman–Crippen LogP) is 5.41. The summed E-state index contributed by atoms with van der Waals surface area (Å²) in [5, 5.41) is 7.51. The molecule has 1 N–H and O–H groups in total. The summed E-state index contributed by atoms with van der Waals surface area (Å²) in [6.45, 7) is 5.70. The van der Waals surface area contributed by atoms with Gasteiger partial charge in [-0.3, -0.25) is 0 Å². The number of fused-ring (bicyclic) bond motifs is 1. The Labute approximate surface area is 185 Å². The summed E-state index contributed by atoms with van der Waals surface area (Å²) in [5.74, 6) is 0. The summed E-state index contributed by atoms with van der Waals surface area (Å²) >= 11 is 1.66. The van der Waals surface area contributed by atoms with Gasteiger partial charge >= 0.3 is 6.09 Å². The van der Waals surface area contributed by atoms with Crippen molar-refractivity contribution in [2.75, 3.05) is 0 Å². The Bertz CT molecular complexity index is 1190. The van der Waals surface area contributed by atoms with Crippen LogP contribution in [0.25, 0.3) is 5.65 Å². The van der Waals surface area contributed by atoms with Crippen molar-refractivity contribution >= 4 is 23.5 Å². The zero-order chi connectivity index (χ0) is 21.8. The topological polar surface area (TPSA) is 68.5 Å². The highest BCUT2D eigenvalue weighted by molar-refractivity contribution is 7.99.